The second kappa shape index (κ2) is 5.58. The van der Waals surface area contributed by atoms with Crippen molar-refractivity contribution < 1.29 is 9.72 Å². The van der Waals surface area contributed by atoms with E-state index >= 15 is 0 Å². The molecule has 0 spiro atoms. The van der Waals surface area contributed by atoms with Gasteiger partial charge in [-0.3, -0.25) is 14.9 Å². The van der Waals surface area contributed by atoms with E-state index < -0.39 is 4.92 Å². The van der Waals surface area contributed by atoms with E-state index in [-0.39, 0.29) is 23.7 Å². The summed E-state index contributed by atoms with van der Waals surface area (Å²) in [5, 5.41) is 14.3. The molecule has 2 rings (SSSR count). The van der Waals surface area contributed by atoms with Crippen molar-refractivity contribution in [1.82, 2.24) is 10.2 Å². The highest BCUT2D eigenvalue weighted by Crippen LogP contribution is 2.23. The highest BCUT2D eigenvalue weighted by Gasteiger charge is 2.29. The minimum Gasteiger partial charge on any atom is -0.333 e. The van der Waals surface area contributed by atoms with Gasteiger partial charge in [-0.2, -0.15) is 0 Å². The number of rotatable bonds is 2. The Morgan fingerprint density at radius 1 is 1.45 bits per heavy atom. The molecule has 1 aliphatic heterocycles. The van der Waals surface area contributed by atoms with Crippen LogP contribution in [0.5, 0.6) is 0 Å². The summed E-state index contributed by atoms with van der Waals surface area (Å²) in [6.45, 7) is 6.97. The van der Waals surface area contributed by atoms with Crippen LogP contribution >= 0.6 is 0 Å². The number of amides is 1. The first kappa shape index (κ1) is 14.5. The topological polar surface area (TPSA) is 75.5 Å². The van der Waals surface area contributed by atoms with E-state index in [0.717, 1.165) is 6.54 Å². The molecule has 2 unspecified atom stereocenters. The Morgan fingerprint density at radius 3 is 2.80 bits per heavy atom. The van der Waals surface area contributed by atoms with Crippen molar-refractivity contribution in [2.75, 3.05) is 13.1 Å². The molecule has 0 radical (unpaired) electrons. The lowest BCUT2D eigenvalue weighted by atomic mass is 10.0. The molecule has 6 nitrogen and oxygen atoms in total. The summed E-state index contributed by atoms with van der Waals surface area (Å²) in [7, 11) is 0. The molecular weight excluding hydrogens is 258 g/mol. The number of piperazine rings is 1. The van der Waals surface area contributed by atoms with Gasteiger partial charge in [0.2, 0.25) is 0 Å². The molecule has 1 aromatic rings. The Balaban J connectivity index is 2.33. The molecule has 0 saturated carbocycles. The van der Waals surface area contributed by atoms with Gasteiger partial charge >= 0.3 is 0 Å². The van der Waals surface area contributed by atoms with Gasteiger partial charge in [-0.05, 0) is 26.8 Å². The number of hydrogen-bond donors (Lipinski definition) is 1. The third-order valence-corrected chi connectivity index (χ3v) is 3.76. The predicted molar refractivity (Wildman–Crippen MR) is 75.8 cm³/mol. The molecule has 1 heterocycles. The maximum Gasteiger partial charge on any atom is 0.273 e. The molecule has 108 valence electrons. The molecule has 20 heavy (non-hydrogen) atoms. The normalized spacial score (nSPS) is 22.6. The number of carbonyl (C=O) groups excluding carboxylic acids is 1. The lowest BCUT2D eigenvalue weighted by Gasteiger charge is -2.37. The largest absolute Gasteiger partial charge is 0.333 e. The molecule has 6 heteroatoms. The molecule has 1 saturated heterocycles. The average Bonchev–Trinajstić information content (AvgIpc) is 2.40. The van der Waals surface area contributed by atoms with Crippen LogP contribution in [0.2, 0.25) is 0 Å². The third kappa shape index (κ3) is 2.65. The zero-order valence-corrected chi connectivity index (χ0v) is 11.9. The molecule has 1 fully saturated rings. The van der Waals surface area contributed by atoms with Crippen molar-refractivity contribution in [3.05, 3.63) is 39.4 Å². The Kier molecular flexibility index (Phi) is 4.04. The summed E-state index contributed by atoms with van der Waals surface area (Å²) in [6, 6.07) is 4.96. The number of nitro groups is 1. The predicted octanol–water partition coefficient (Wildman–Crippen LogP) is 1.73. The minimum atomic E-state index is -0.448. The molecule has 1 aliphatic rings. The van der Waals surface area contributed by atoms with Crippen LogP contribution in [0.15, 0.2) is 18.2 Å². The fraction of sp³-hybridized carbons (Fsp3) is 0.500. The van der Waals surface area contributed by atoms with Crippen molar-refractivity contribution in [2.24, 2.45) is 0 Å². The van der Waals surface area contributed by atoms with Crippen LogP contribution in [-0.4, -0.2) is 40.9 Å². The van der Waals surface area contributed by atoms with Crippen LogP contribution in [0, 0.1) is 17.0 Å². The fourth-order valence-electron chi connectivity index (χ4n) is 2.51. The lowest BCUT2D eigenvalue weighted by molar-refractivity contribution is -0.385. The van der Waals surface area contributed by atoms with Gasteiger partial charge in [0.15, 0.2) is 0 Å². The summed E-state index contributed by atoms with van der Waals surface area (Å²) in [5.74, 6) is -0.132. The van der Waals surface area contributed by atoms with Gasteiger partial charge in [0, 0.05) is 42.4 Å². The van der Waals surface area contributed by atoms with E-state index in [1.165, 1.54) is 6.07 Å². The molecule has 0 bridgehead atoms. The minimum absolute atomic E-state index is 0.00770. The van der Waals surface area contributed by atoms with Gasteiger partial charge in [-0.15, -0.1) is 0 Å². The van der Waals surface area contributed by atoms with Crippen LogP contribution in [0.1, 0.15) is 29.8 Å². The van der Waals surface area contributed by atoms with E-state index in [4.69, 9.17) is 0 Å². The van der Waals surface area contributed by atoms with Gasteiger partial charge in [0.1, 0.15) is 0 Å². The van der Waals surface area contributed by atoms with Crippen molar-refractivity contribution >= 4 is 11.6 Å². The summed E-state index contributed by atoms with van der Waals surface area (Å²) in [5.41, 5.74) is 0.840. The molecule has 1 aromatic carbocycles. The average molecular weight is 277 g/mol. The van der Waals surface area contributed by atoms with Crippen LogP contribution in [0.25, 0.3) is 0 Å². The number of hydrogen-bond acceptors (Lipinski definition) is 4. The first-order valence-corrected chi connectivity index (χ1v) is 6.70. The monoisotopic (exact) mass is 277 g/mol. The number of benzene rings is 1. The van der Waals surface area contributed by atoms with Gasteiger partial charge < -0.3 is 10.2 Å². The van der Waals surface area contributed by atoms with Crippen LogP contribution < -0.4 is 5.32 Å². The van der Waals surface area contributed by atoms with Crippen LogP contribution in [-0.2, 0) is 0 Å². The molecule has 2 atom stereocenters. The maximum absolute atomic E-state index is 12.6. The van der Waals surface area contributed by atoms with E-state index in [0.29, 0.717) is 17.7 Å². The smallest absolute Gasteiger partial charge is 0.273 e. The number of carbonyl (C=O) groups is 1. The SMILES string of the molecule is Cc1c(C(=O)N2CC(C)NCC2C)cccc1[N+](=O)[O-]. The van der Waals surface area contributed by atoms with E-state index in [2.05, 4.69) is 5.32 Å². The Hall–Kier alpha value is -1.95. The number of nitro benzene ring substituents is 1. The third-order valence-electron chi connectivity index (χ3n) is 3.76. The van der Waals surface area contributed by atoms with Crippen molar-refractivity contribution in [3.8, 4) is 0 Å². The second-order valence-corrected chi connectivity index (χ2v) is 5.32. The first-order valence-electron chi connectivity index (χ1n) is 6.70. The quantitative estimate of drug-likeness (QED) is 0.659. The molecule has 0 aliphatic carbocycles. The fourth-order valence-corrected chi connectivity index (χ4v) is 2.51. The zero-order valence-electron chi connectivity index (χ0n) is 11.9. The van der Waals surface area contributed by atoms with Gasteiger partial charge in [-0.25, -0.2) is 0 Å². The van der Waals surface area contributed by atoms with Crippen LogP contribution in [0.4, 0.5) is 5.69 Å². The maximum atomic E-state index is 12.6. The lowest BCUT2D eigenvalue weighted by Crippen LogP contribution is -2.56. The Labute approximate surface area is 117 Å². The molecule has 0 aromatic heterocycles. The van der Waals surface area contributed by atoms with E-state index in [9.17, 15) is 14.9 Å². The van der Waals surface area contributed by atoms with E-state index in [1.54, 1.807) is 24.0 Å². The van der Waals surface area contributed by atoms with Crippen molar-refractivity contribution in [2.45, 2.75) is 32.9 Å². The molecule has 1 amide bonds. The van der Waals surface area contributed by atoms with Crippen molar-refractivity contribution in [1.29, 1.82) is 0 Å². The van der Waals surface area contributed by atoms with Crippen LogP contribution in [0.3, 0.4) is 0 Å². The highest BCUT2D eigenvalue weighted by molar-refractivity contribution is 5.96. The standard InChI is InChI=1S/C14H19N3O3/c1-9-8-16(10(2)7-15-9)14(18)12-5-4-6-13(11(12)3)17(19)20/h4-6,9-10,15H,7-8H2,1-3H3. The summed E-state index contributed by atoms with van der Waals surface area (Å²) in [4.78, 5) is 24.9. The van der Waals surface area contributed by atoms with Gasteiger partial charge in [0.25, 0.3) is 11.6 Å². The molecule has 1 N–H and O–H groups in total. The van der Waals surface area contributed by atoms with E-state index in [1.807, 2.05) is 13.8 Å². The Morgan fingerprint density at radius 2 is 2.15 bits per heavy atom. The van der Waals surface area contributed by atoms with Gasteiger partial charge in [-0.1, -0.05) is 6.07 Å². The summed E-state index contributed by atoms with van der Waals surface area (Å²) >= 11 is 0. The second-order valence-electron chi connectivity index (χ2n) is 5.32. The number of nitrogens with one attached hydrogen (secondary N) is 1. The van der Waals surface area contributed by atoms with Gasteiger partial charge in [0.05, 0.1) is 4.92 Å². The molecular formula is C14H19N3O3. The number of nitrogens with zero attached hydrogens (tertiary/aromatic N) is 2. The first-order chi connectivity index (χ1) is 9.41. The summed E-state index contributed by atoms with van der Waals surface area (Å²) < 4.78 is 0. The highest BCUT2D eigenvalue weighted by atomic mass is 16.6. The summed E-state index contributed by atoms with van der Waals surface area (Å²) in [6.07, 6.45) is 0. The zero-order chi connectivity index (χ0) is 14.9. The Bertz CT molecular complexity index is 544. The van der Waals surface area contributed by atoms with Crippen molar-refractivity contribution in [3.63, 3.8) is 0 Å².